The maximum atomic E-state index is 5.07. The summed E-state index contributed by atoms with van der Waals surface area (Å²) in [5.74, 6) is 0.996. The van der Waals surface area contributed by atoms with Crippen LogP contribution in [0.25, 0.3) is 61.4 Å². The summed E-state index contributed by atoms with van der Waals surface area (Å²) in [6.45, 7) is 0. The van der Waals surface area contributed by atoms with Crippen LogP contribution in [-0.4, -0.2) is 19.5 Å². The predicted octanol–water partition coefficient (Wildman–Crippen LogP) is 8.68. The molecule has 0 spiro atoms. The number of benzene rings is 3. The van der Waals surface area contributed by atoms with E-state index in [-0.39, 0.29) is 6.04 Å². The van der Waals surface area contributed by atoms with Crippen molar-refractivity contribution in [3.8, 4) is 33.8 Å². The summed E-state index contributed by atoms with van der Waals surface area (Å²) in [5.41, 5.74) is 9.26. The van der Waals surface area contributed by atoms with E-state index >= 15 is 0 Å². The minimum atomic E-state index is -0.0910. The molecule has 0 aliphatic carbocycles. The first kappa shape index (κ1) is 24.9. The maximum absolute atomic E-state index is 5.07. The van der Waals surface area contributed by atoms with E-state index in [2.05, 4.69) is 130 Å². The fraction of sp³-hybridized carbons (Fsp3) is 0.0263. The predicted molar refractivity (Wildman–Crippen MR) is 175 cm³/mol. The minimum Gasteiger partial charge on any atom is -0.359 e. The second-order valence-electron chi connectivity index (χ2n) is 10.6. The van der Waals surface area contributed by atoms with E-state index in [0.717, 1.165) is 50.6 Å². The number of hydrogen-bond donors (Lipinski definition) is 1. The maximum Gasteiger partial charge on any atom is 0.111 e. The molecule has 0 radical (unpaired) electrons. The SMILES string of the molecule is C1=CC(c2cccc(-c3cccc(-c4ccc(-c5ccccc5)cc4)n3)n2)NC(n2c3ccccc3c3cnccc32)=C1. The number of allylic oxidation sites excluding steroid dienone is 2. The topological polar surface area (TPSA) is 55.6 Å². The Balaban J connectivity index is 1.09. The molecule has 1 N–H and O–H groups in total. The van der Waals surface area contributed by atoms with Crippen molar-refractivity contribution in [1.29, 1.82) is 0 Å². The summed E-state index contributed by atoms with van der Waals surface area (Å²) in [7, 11) is 0. The van der Waals surface area contributed by atoms with Gasteiger partial charge >= 0.3 is 0 Å². The Morgan fingerprint density at radius 3 is 2.14 bits per heavy atom. The molecule has 5 heteroatoms. The second kappa shape index (κ2) is 10.5. The van der Waals surface area contributed by atoms with Crippen molar-refractivity contribution in [2.24, 2.45) is 0 Å². The molecule has 5 heterocycles. The molecule has 43 heavy (non-hydrogen) atoms. The van der Waals surface area contributed by atoms with Crippen molar-refractivity contribution in [3.63, 3.8) is 0 Å². The molecule has 0 saturated heterocycles. The molecular weight excluding hydrogens is 526 g/mol. The molecule has 4 aromatic heterocycles. The van der Waals surface area contributed by atoms with Crippen LogP contribution in [0.4, 0.5) is 0 Å². The van der Waals surface area contributed by atoms with Gasteiger partial charge in [0.1, 0.15) is 5.82 Å². The van der Waals surface area contributed by atoms with Gasteiger partial charge in [-0.25, -0.2) is 9.97 Å². The lowest BCUT2D eigenvalue weighted by Gasteiger charge is -2.23. The van der Waals surface area contributed by atoms with E-state index in [1.54, 1.807) is 0 Å². The van der Waals surface area contributed by atoms with Crippen LogP contribution in [0.3, 0.4) is 0 Å². The van der Waals surface area contributed by atoms with Crippen LogP contribution in [0.5, 0.6) is 0 Å². The fourth-order valence-electron chi connectivity index (χ4n) is 5.87. The van der Waals surface area contributed by atoms with Gasteiger partial charge in [-0.15, -0.1) is 0 Å². The highest BCUT2D eigenvalue weighted by molar-refractivity contribution is 6.09. The van der Waals surface area contributed by atoms with E-state index in [1.165, 1.54) is 16.5 Å². The number of aromatic nitrogens is 4. The molecule has 1 aliphatic rings. The van der Waals surface area contributed by atoms with Gasteiger partial charge in [-0.2, -0.15) is 0 Å². The van der Waals surface area contributed by atoms with Gasteiger partial charge in [-0.05, 0) is 53.6 Å². The van der Waals surface area contributed by atoms with Crippen LogP contribution < -0.4 is 5.32 Å². The monoisotopic (exact) mass is 553 g/mol. The van der Waals surface area contributed by atoms with Gasteiger partial charge in [0.05, 0.1) is 39.9 Å². The van der Waals surface area contributed by atoms with Crippen molar-refractivity contribution in [1.82, 2.24) is 24.8 Å². The summed E-state index contributed by atoms with van der Waals surface area (Å²) in [5, 5.41) is 6.04. The number of nitrogens with zero attached hydrogens (tertiary/aromatic N) is 4. The van der Waals surface area contributed by atoms with Gasteiger partial charge in [0.25, 0.3) is 0 Å². The zero-order valence-corrected chi connectivity index (χ0v) is 23.3. The number of para-hydroxylation sites is 1. The van der Waals surface area contributed by atoms with Gasteiger partial charge < -0.3 is 5.32 Å². The summed E-state index contributed by atoms with van der Waals surface area (Å²) < 4.78 is 2.26. The highest BCUT2D eigenvalue weighted by atomic mass is 15.2. The molecule has 3 aromatic carbocycles. The fourth-order valence-corrected chi connectivity index (χ4v) is 5.87. The molecule has 8 rings (SSSR count). The third-order valence-corrected chi connectivity index (χ3v) is 7.96. The standard InChI is InChI=1S/C38H27N5/c1-2-9-26(10-3-1)27-19-21-28(22-20-27)31-12-6-13-32(40-31)33-14-7-15-34(41-33)35-16-8-18-38(42-35)43-36-17-5-4-11-29(36)30-25-39-24-23-37(30)43/h1-25,35,42H. The number of nitrogens with one attached hydrogen (secondary N) is 1. The zero-order valence-electron chi connectivity index (χ0n) is 23.3. The summed E-state index contributed by atoms with van der Waals surface area (Å²) >= 11 is 0. The lowest BCUT2D eigenvalue weighted by atomic mass is 10.0. The average molecular weight is 554 g/mol. The van der Waals surface area contributed by atoms with Crippen LogP contribution in [0.15, 0.2) is 152 Å². The Bertz CT molecular complexity index is 2100. The van der Waals surface area contributed by atoms with Crippen molar-refractivity contribution in [2.45, 2.75) is 6.04 Å². The quantitative estimate of drug-likeness (QED) is 0.232. The van der Waals surface area contributed by atoms with Crippen LogP contribution in [0, 0.1) is 0 Å². The molecule has 1 unspecified atom stereocenters. The van der Waals surface area contributed by atoms with E-state index in [0.29, 0.717) is 0 Å². The summed E-state index contributed by atoms with van der Waals surface area (Å²) in [6.07, 6.45) is 10.1. The first-order chi connectivity index (χ1) is 21.3. The Hall–Kier alpha value is -5.81. The Morgan fingerprint density at radius 2 is 1.26 bits per heavy atom. The molecule has 1 atom stereocenters. The summed E-state index contributed by atoms with van der Waals surface area (Å²) in [6, 6.07) is 41.7. The molecule has 0 saturated carbocycles. The number of fused-ring (bicyclic) bond motifs is 3. The van der Waals surface area contributed by atoms with Crippen molar-refractivity contribution in [3.05, 3.63) is 158 Å². The number of rotatable bonds is 5. The minimum absolute atomic E-state index is 0.0910. The molecule has 5 nitrogen and oxygen atoms in total. The van der Waals surface area contributed by atoms with Gasteiger partial charge in [-0.3, -0.25) is 9.55 Å². The van der Waals surface area contributed by atoms with Crippen LogP contribution >= 0.6 is 0 Å². The normalized spacial score (nSPS) is 14.5. The zero-order chi connectivity index (χ0) is 28.6. The Kier molecular flexibility index (Phi) is 6.12. The Morgan fingerprint density at radius 1 is 0.558 bits per heavy atom. The van der Waals surface area contributed by atoms with Crippen LogP contribution in [0.1, 0.15) is 11.7 Å². The lowest BCUT2D eigenvalue weighted by Crippen LogP contribution is -2.24. The third kappa shape index (κ3) is 4.57. The molecule has 0 bridgehead atoms. The average Bonchev–Trinajstić information content (AvgIpc) is 3.43. The van der Waals surface area contributed by atoms with Crippen molar-refractivity contribution < 1.29 is 0 Å². The van der Waals surface area contributed by atoms with Crippen LogP contribution in [0.2, 0.25) is 0 Å². The largest absolute Gasteiger partial charge is 0.359 e. The molecule has 0 fully saturated rings. The molecule has 0 amide bonds. The van der Waals surface area contributed by atoms with E-state index in [1.807, 2.05) is 36.7 Å². The molecular formula is C38H27N5. The molecule has 1 aliphatic heterocycles. The highest BCUT2D eigenvalue weighted by Crippen LogP contribution is 2.33. The van der Waals surface area contributed by atoms with Crippen molar-refractivity contribution >= 4 is 27.6 Å². The third-order valence-electron chi connectivity index (χ3n) is 7.96. The van der Waals surface area contributed by atoms with Crippen LogP contribution in [-0.2, 0) is 0 Å². The Labute approximate surface area is 249 Å². The first-order valence-electron chi connectivity index (χ1n) is 14.4. The number of hydrogen-bond acceptors (Lipinski definition) is 4. The van der Waals surface area contributed by atoms with Gasteiger partial charge in [0.15, 0.2) is 0 Å². The van der Waals surface area contributed by atoms with E-state index < -0.39 is 0 Å². The van der Waals surface area contributed by atoms with E-state index in [4.69, 9.17) is 9.97 Å². The smallest absolute Gasteiger partial charge is 0.111 e. The van der Waals surface area contributed by atoms with Crippen molar-refractivity contribution in [2.75, 3.05) is 0 Å². The summed E-state index contributed by atoms with van der Waals surface area (Å²) in [4.78, 5) is 14.5. The van der Waals surface area contributed by atoms with Gasteiger partial charge in [0, 0.05) is 28.7 Å². The molecule has 7 aromatic rings. The number of pyridine rings is 3. The van der Waals surface area contributed by atoms with E-state index in [9.17, 15) is 0 Å². The first-order valence-corrected chi connectivity index (χ1v) is 14.4. The molecule has 204 valence electrons. The highest BCUT2D eigenvalue weighted by Gasteiger charge is 2.19. The second-order valence-corrected chi connectivity index (χ2v) is 10.6. The van der Waals surface area contributed by atoms with Gasteiger partial charge in [-0.1, -0.05) is 97.1 Å². The van der Waals surface area contributed by atoms with Gasteiger partial charge in [0.2, 0.25) is 0 Å². The number of dihydropyridines is 1. The lowest BCUT2D eigenvalue weighted by molar-refractivity contribution is 0.714.